The van der Waals surface area contributed by atoms with Crippen LogP contribution in [-0.2, 0) is 13.1 Å². The van der Waals surface area contributed by atoms with E-state index in [-0.39, 0.29) is 11.7 Å². The number of carbonyl (C=O) groups excluding carboxylic acids is 1. The summed E-state index contributed by atoms with van der Waals surface area (Å²) in [5, 5.41) is 2.04. The molecule has 3 heterocycles. The number of aromatic nitrogens is 1. The third-order valence-corrected chi connectivity index (χ3v) is 7.79. The summed E-state index contributed by atoms with van der Waals surface area (Å²) in [6, 6.07) is 18.9. The van der Waals surface area contributed by atoms with Gasteiger partial charge in [-0.2, -0.15) is 0 Å². The lowest BCUT2D eigenvalue weighted by atomic mass is 10.2. The van der Waals surface area contributed by atoms with Crippen LogP contribution in [-0.4, -0.2) is 46.5 Å². The van der Waals surface area contributed by atoms with Crippen LogP contribution in [0.25, 0.3) is 10.2 Å². The van der Waals surface area contributed by atoms with Crippen LogP contribution in [0.2, 0.25) is 0 Å². The highest BCUT2D eigenvalue weighted by atomic mass is 79.9. The summed E-state index contributed by atoms with van der Waals surface area (Å²) in [5.41, 5.74) is 3.97. The minimum Gasteiger partial charge on any atom is -0.335 e. The first-order chi connectivity index (χ1) is 15.6. The molecule has 1 aliphatic rings. The quantitative estimate of drug-likeness (QED) is 0.348. The number of hydrogen-bond donors (Lipinski definition) is 0. The second-order valence-electron chi connectivity index (χ2n) is 8.09. The fourth-order valence-electron chi connectivity index (χ4n) is 4.26. The first-order valence-electron chi connectivity index (χ1n) is 10.6. The van der Waals surface area contributed by atoms with Gasteiger partial charge in [-0.3, -0.25) is 9.69 Å². The molecule has 1 aliphatic heterocycles. The van der Waals surface area contributed by atoms with E-state index < -0.39 is 0 Å². The first kappa shape index (κ1) is 21.4. The molecular formula is C25H23BrFN3OS. The van der Waals surface area contributed by atoms with Gasteiger partial charge in [0, 0.05) is 44.6 Å². The highest BCUT2D eigenvalue weighted by Crippen LogP contribution is 2.34. The molecule has 5 rings (SSSR count). The van der Waals surface area contributed by atoms with E-state index in [1.165, 1.54) is 17.7 Å². The van der Waals surface area contributed by atoms with Gasteiger partial charge in [0.05, 0.1) is 14.7 Å². The minimum absolute atomic E-state index is 0.0572. The molecule has 1 amide bonds. The molecule has 0 bridgehead atoms. The van der Waals surface area contributed by atoms with Gasteiger partial charge in [-0.25, -0.2) is 4.39 Å². The maximum absolute atomic E-state index is 13.5. The number of carbonyl (C=O) groups is 1. The Morgan fingerprint density at radius 3 is 2.34 bits per heavy atom. The molecule has 0 saturated carbocycles. The van der Waals surface area contributed by atoms with Crippen molar-refractivity contribution < 1.29 is 9.18 Å². The van der Waals surface area contributed by atoms with Gasteiger partial charge >= 0.3 is 0 Å². The van der Waals surface area contributed by atoms with Crippen LogP contribution in [0.15, 0.2) is 70.5 Å². The van der Waals surface area contributed by atoms with Gasteiger partial charge in [-0.05, 0) is 45.3 Å². The van der Waals surface area contributed by atoms with Gasteiger partial charge in [-0.15, -0.1) is 11.3 Å². The fourth-order valence-corrected chi connectivity index (χ4v) is 5.95. The Morgan fingerprint density at radius 2 is 1.62 bits per heavy atom. The monoisotopic (exact) mass is 511 g/mol. The fraction of sp³-hybridized carbons (Fsp3) is 0.240. The Bertz CT molecular complexity index is 1230. The Kier molecular flexibility index (Phi) is 6.13. The van der Waals surface area contributed by atoms with Gasteiger partial charge < -0.3 is 9.47 Å². The van der Waals surface area contributed by atoms with E-state index >= 15 is 0 Å². The van der Waals surface area contributed by atoms with Crippen molar-refractivity contribution in [1.82, 2.24) is 14.4 Å². The molecule has 0 atom stereocenters. The SMILES string of the molecule is O=C(c1cc2scc(Br)c2n1Cc1ccc(F)cc1)N1CCN(Cc2ccccc2)CC1. The average Bonchev–Trinajstić information content (AvgIpc) is 3.36. The molecule has 1 saturated heterocycles. The van der Waals surface area contributed by atoms with Gasteiger partial charge in [0.15, 0.2) is 0 Å². The molecule has 32 heavy (non-hydrogen) atoms. The topological polar surface area (TPSA) is 28.5 Å². The van der Waals surface area contributed by atoms with Crippen LogP contribution < -0.4 is 0 Å². The maximum atomic E-state index is 13.5. The van der Waals surface area contributed by atoms with E-state index in [0.717, 1.165) is 39.9 Å². The maximum Gasteiger partial charge on any atom is 0.270 e. The Balaban J connectivity index is 1.35. The van der Waals surface area contributed by atoms with Crippen molar-refractivity contribution in [2.45, 2.75) is 13.1 Å². The van der Waals surface area contributed by atoms with Crippen LogP contribution in [0.4, 0.5) is 4.39 Å². The summed E-state index contributed by atoms with van der Waals surface area (Å²) in [6.07, 6.45) is 0. The zero-order valence-corrected chi connectivity index (χ0v) is 19.9. The first-order valence-corrected chi connectivity index (χ1v) is 12.3. The Hall–Kier alpha value is -2.48. The lowest BCUT2D eigenvalue weighted by Crippen LogP contribution is -2.48. The summed E-state index contributed by atoms with van der Waals surface area (Å²) < 4.78 is 17.5. The zero-order valence-electron chi connectivity index (χ0n) is 17.5. The van der Waals surface area contributed by atoms with Crippen LogP contribution >= 0.6 is 27.3 Å². The summed E-state index contributed by atoms with van der Waals surface area (Å²) >= 11 is 5.26. The van der Waals surface area contributed by atoms with Gasteiger partial charge in [0.1, 0.15) is 11.5 Å². The average molecular weight is 512 g/mol. The molecule has 2 aromatic carbocycles. The van der Waals surface area contributed by atoms with E-state index in [9.17, 15) is 9.18 Å². The number of thiophene rings is 1. The molecule has 164 valence electrons. The summed E-state index contributed by atoms with van der Waals surface area (Å²) in [7, 11) is 0. The van der Waals surface area contributed by atoms with E-state index in [0.29, 0.717) is 25.3 Å². The van der Waals surface area contributed by atoms with E-state index in [2.05, 4.69) is 49.7 Å². The lowest BCUT2D eigenvalue weighted by Gasteiger charge is -2.35. The standard InChI is InChI=1S/C25H23BrFN3OS/c26-21-17-32-23-14-22(30(24(21)23)16-19-6-8-20(27)9-7-19)25(31)29-12-10-28(11-13-29)15-18-4-2-1-3-5-18/h1-9,14,17H,10-13,15-16H2. The Labute approximate surface area is 199 Å². The lowest BCUT2D eigenvalue weighted by molar-refractivity contribution is 0.0619. The van der Waals surface area contributed by atoms with Gasteiger partial charge in [0.25, 0.3) is 5.91 Å². The molecule has 0 aliphatic carbocycles. The molecular weight excluding hydrogens is 489 g/mol. The van der Waals surface area contributed by atoms with Crippen molar-refractivity contribution in [1.29, 1.82) is 0 Å². The number of nitrogens with zero attached hydrogens (tertiary/aromatic N) is 3. The molecule has 1 fully saturated rings. The normalized spacial score (nSPS) is 14.9. The summed E-state index contributed by atoms with van der Waals surface area (Å²) in [5.74, 6) is -0.199. The molecule has 0 N–H and O–H groups in total. The number of rotatable bonds is 5. The number of halogens is 2. The van der Waals surface area contributed by atoms with Crippen LogP contribution in [0, 0.1) is 5.82 Å². The third kappa shape index (κ3) is 4.37. The zero-order chi connectivity index (χ0) is 22.1. The van der Waals surface area contributed by atoms with E-state index in [4.69, 9.17) is 0 Å². The highest BCUT2D eigenvalue weighted by molar-refractivity contribution is 9.10. The van der Waals surface area contributed by atoms with Crippen molar-refractivity contribution >= 4 is 43.4 Å². The summed E-state index contributed by atoms with van der Waals surface area (Å²) in [6.45, 7) is 4.57. The second kappa shape index (κ2) is 9.17. The Morgan fingerprint density at radius 1 is 0.938 bits per heavy atom. The van der Waals surface area contributed by atoms with Gasteiger partial charge in [-0.1, -0.05) is 42.5 Å². The molecule has 0 unspecified atom stereocenters. The summed E-state index contributed by atoms with van der Waals surface area (Å²) in [4.78, 5) is 17.9. The molecule has 2 aromatic heterocycles. The number of piperazine rings is 1. The van der Waals surface area contributed by atoms with E-state index in [1.807, 2.05) is 22.4 Å². The van der Waals surface area contributed by atoms with Crippen molar-refractivity contribution in [3.05, 3.63) is 93.2 Å². The molecule has 4 nitrogen and oxygen atoms in total. The van der Waals surface area contributed by atoms with Crippen LogP contribution in [0.5, 0.6) is 0 Å². The predicted molar refractivity (Wildman–Crippen MR) is 131 cm³/mol. The molecule has 7 heteroatoms. The molecule has 0 radical (unpaired) electrons. The second-order valence-corrected chi connectivity index (χ2v) is 9.86. The number of benzene rings is 2. The minimum atomic E-state index is -0.257. The number of fused-ring (bicyclic) bond motifs is 1. The van der Waals surface area contributed by atoms with Crippen molar-refractivity contribution in [2.24, 2.45) is 0 Å². The highest BCUT2D eigenvalue weighted by Gasteiger charge is 2.26. The van der Waals surface area contributed by atoms with Crippen molar-refractivity contribution in [2.75, 3.05) is 26.2 Å². The largest absolute Gasteiger partial charge is 0.335 e. The van der Waals surface area contributed by atoms with Crippen molar-refractivity contribution in [3.8, 4) is 0 Å². The van der Waals surface area contributed by atoms with Gasteiger partial charge in [0.2, 0.25) is 0 Å². The number of hydrogen-bond acceptors (Lipinski definition) is 3. The number of amides is 1. The third-order valence-electron chi connectivity index (χ3n) is 5.96. The predicted octanol–water partition coefficient (Wildman–Crippen LogP) is 5.61. The molecule has 0 spiro atoms. The van der Waals surface area contributed by atoms with E-state index in [1.54, 1.807) is 23.5 Å². The molecule has 4 aromatic rings. The smallest absolute Gasteiger partial charge is 0.270 e. The van der Waals surface area contributed by atoms with Crippen LogP contribution in [0.3, 0.4) is 0 Å². The van der Waals surface area contributed by atoms with Crippen molar-refractivity contribution in [3.63, 3.8) is 0 Å². The van der Waals surface area contributed by atoms with Crippen LogP contribution in [0.1, 0.15) is 21.6 Å².